The summed E-state index contributed by atoms with van der Waals surface area (Å²) in [4.78, 5) is 72.1. The highest BCUT2D eigenvalue weighted by Gasteiger charge is 2.69. The van der Waals surface area contributed by atoms with Crippen LogP contribution in [0.3, 0.4) is 0 Å². The highest BCUT2D eigenvalue weighted by molar-refractivity contribution is 7.83. The molecule has 0 aromatic carbocycles. The molecule has 52 heavy (non-hydrogen) atoms. The van der Waals surface area contributed by atoms with Gasteiger partial charge in [-0.05, 0) is 59.3 Å². The van der Waals surface area contributed by atoms with Crippen molar-refractivity contribution in [1.82, 2.24) is 30.5 Å². The first kappa shape index (κ1) is 40.1. The van der Waals surface area contributed by atoms with Crippen molar-refractivity contribution in [2.24, 2.45) is 28.6 Å². The predicted molar refractivity (Wildman–Crippen MR) is 202 cm³/mol. The van der Waals surface area contributed by atoms with Crippen LogP contribution in [-0.2, 0) is 36.7 Å². The number of ketones is 1. The molecule has 0 spiro atoms. The number of carbonyl (C=O) groups excluding carboxylic acids is 5. The van der Waals surface area contributed by atoms with Crippen LogP contribution in [0.25, 0.3) is 0 Å². The quantitative estimate of drug-likeness (QED) is 0.155. The third-order valence-electron chi connectivity index (χ3n) is 11.7. The smallest absolute Gasteiger partial charge is 0.315 e. The minimum absolute atomic E-state index is 0.0942. The summed E-state index contributed by atoms with van der Waals surface area (Å²) in [5.74, 6) is -2.33. The number of nitrogens with one attached hydrogen (secondary N) is 4. The maximum Gasteiger partial charge on any atom is 0.315 e. The molecular weight excluding hydrogens is 701 g/mol. The first-order valence-corrected chi connectivity index (χ1v) is 20.9. The molecule has 4 aliphatic rings. The molecule has 2 saturated carbocycles. The summed E-state index contributed by atoms with van der Waals surface area (Å²) in [6.45, 7) is 17.3. The number of Topliss-reactive ketones (excluding diaryl/α,β-unsaturated/α-hetero) is 1. The molecule has 5 rings (SSSR count). The van der Waals surface area contributed by atoms with E-state index in [0.717, 1.165) is 48.3 Å². The fraction of sp³-hybridized carbons (Fsp3) is 0.711. The minimum Gasteiger partial charge on any atom is -0.346 e. The van der Waals surface area contributed by atoms with Crippen molar-refractivity contribution in [1.29, 1.82) is 0 Å². The van der Waals surface area contributed by atoms with E-state index in [1.165, 1.54) is 6.08 Å². The first-order valence-electron chi connectivity index (χ1n) is 18.9. The number of unbranched alkanes of at least 4 members (excludes halogenated alkanes) is 1. The Morgan fingerprint density at radius 1 is 1.10 bits per heavy atom. The maximum absolute atomic E-state index is 14.7. The molecule has 0 radical (unpaired) electrons. The molecule has 14 heteroatoms. The van der Waals surface area contributed by atoms with Gasteiger partial charge in [0.1, 0.15) is 23.1 Å². The lowest BCUT2D eigenvalue weighted by molar-refractivity contribution is -0.144. The number of likely N-dealkylation sites (tertiary alicyclic amines) is 1. The van der Waals surface area contributed by atoms with Gasteiger partial charge in [0.25, 0.3) is 5.91 Å². The second kappa shape index (κ2) is 16.5. The van der Waals surface area contributed by atoms with E-state index in [-0.39, 0.29) is 47.1 Å². The standard InChI is InChI=1S/C38H58N6O6S2/c1-8-10-16-25(32(45)34(47)39-18-9-2)40-33(46)31-29-24(38(29,6)7)20-44(31)35(48)30(23-14-12-11-13-15-23)42-36(49)41-28(37(3,4)5)22-43-21-26-27(52(43)50)17-19-51-26/h9,17,19,23-25,28-31H,2,8,10-16,18,20-22H2,1,3-7H3,(H,39,47)(H,40,46)(H2,41,42,49)/t24-,25?,28+,29-,30-,31-,52?/m0/s1. The predicted octanol–water partition coefficient (Wildman–Crippen LogP) is 4.28. The average molecular weight is 759 g/mol. The molecule has 3 heterocycles. The van der Waals surface area contributed by atoms with Gasteiger partial charge in [0.05, 0.1) is 10.9 Å². The summed E-state index contributed by atoms with van der Waals surface area (Å²) in [6.07, 6.45) is 7.73. The van der Waals surface area contributed by atoms with Crippen LogP contribution in [0.4, 0.5) is 4.79 Å². The van der Waals surface area contributed by atoms with Crippen LogP contribution in [0.15, 0.2) is 29.0 Å². The van der Waals surface area contributed by atoms with Gasteiger partial charge in [-0.3, -0.25) is 19.2 Å². The van der Waals surface area contributed by atoms with Gasteiger partial charge in [-0.15, -0.1) is 17.9 Å². The van der Waals surface area contributed by atoms with E-state index >= 15 is 0 Å². The Labute approximate surface area is 315 Å². The van der Waals surface area contributed by atoms with Crippen LogP contribution in [0.1, 0.15) is 97.8 Å². The zero-order valence-corrected chi connectivity index (χ0v) is 33.3. The van der Waals surface area contributed by atoms with Crippen LogP contribution < -0.4 is 21.3 Å². The van der Waals surface area contributed by atoms with Crippen LogP contribution >= 0.6 is 11.3 Å². The molecular formula is C38H58N6O6S2. The fourth-order valence-corrected chi connectivity index (χ4v) is 10.9. The summed E-state index contributed by atoms with van der Waals surface area (Å²) in [5.41, 5.74) is -0.547. The van der Waals surface area contributed by atoms with Crippen molar-refractivity contribution in [3.05, 3.63) is 29.0 Å². The molecule has 1 aromatic heterocycles. The van der Waals surface area contributed by atoms with Gasteiger partial charge in [0, 0.05) is 37.1 Å². The Morgan fingerprint density at radius 2 is 1.81 bits per heavy atom. The molecule has 288 valence electrons. The molecule has 3 fully saturated rings. The zero-order chi connectivity index (χ0) is 38.0. The van der Waals surface area contributed by atoms with E-state index in [2.05, 4.69) is 41.7 Å². The van der Waals surface area contributed by atoms with Gasteiger partial charge < -0.3 is 26.2 Å². The van der Waals surface area contributed by atoms with Gasteiger partial charge in [-0.2, -0.15) is 0 Å². The largest absolute Gasteiger partial charge is 0.346 e. The summed E-state index contributed by atoms with van der Waals surface area (Å²) < 4.78 is 15.1. The number of amides is 5. The lowest BCUT2D eigenvalue weighted by Gasteiger charge is -2.38. The number of thiophene rings is 1. The second-order valence-corrected chi connectivity index (χ2v) is 19.1. The molecule has 4 N–H and O–H groups in total. The van der Waals surface area contributed by atoms with Crippen LogP contribution in [0.2, 0.25) is 0 Å². The highest BCUT2D eigenvalue weighted by atomic mass is 32.2. The van der Waals surface area contributed by atoms with Crippen molar-refractivity contribution >= 4 is 51.9 Å². The van der Waals surface area contributed by atoms with E-state index in [1.807, 2.05) is 43.4 Å². The van der Waals surface area contributed by atoms with Crippen molar-refractivity contribution in [3.8, 4) is 0 Å². The Bertz CT molecular complexity index is 1550. The molecule has 2 aliphatic heterocycles. The van der Waals surface area contributed by atoms with Gasteiger partial charge in [-0.25, -0.2) is 13.3 Å². The minimum atomic E-state index is -1.30. The number of nitrogens with zero attached hydrogens (tertiary/aromatic N) is 2. The van der Waals surface area contributed by atoms with E-state index in [0.29, 0.717) is 32.5 Å². The monoisotopic (exact) mass is 758 g/mol. The van der Waals surface area contributed by atoms with Crippen molar-refractivity contribution in [2.45, 2.75) is 129 Å². The van der Waals surface area contributed by atoms with Gasteiger partial charge in [-0.1, -0.05) is 79.7 Å². The molecule has 2 aliphatic carbocycles. The fourth-order valence-electron chi connectivity index (χ4n) is 8.36. The van der Waals surface area contributed by atoms with Gasteiger partial charge >= 0.3 is 6.03 Å². The van der Waals surface area contributed by atoms with E-state index < -0.39 is 52.7 Å². The van der Waals surface area contributed by atoms with Crippen molar-refractivity contribution in [2.75, 3.05) is 19.6 Å². The molecule has 7 atom stereocenters. The Morgan fingerprint density at radius 3 is 2.44 bits per heavy atom. The Hall–Kier alpha value is -3.10. The molecule has 1 aromatic rings. The SMILES string of the molecule is C=CCNC(=O)C(=O)C(CCCC)NC(=O)[C@@H]1[C@@H]2[C@H](CN1C(=O)[C@@H](NC(=O)N[C@H](CN1Cc3sccc3S1=O)C(C)(C)C)C1CCCCC1)C2(C)C. The van der Waals surface area contributed by atoms with Crippen LogP contribution in [-0.4, -0.2) is 86.8 Å². The number of rotatable bonds is 15. The molecule has 5 amide bonds. The van der Waals surface area contributed by atoms with E-state index in [1.54, 1.807) is 16.2 Å². The third kappa shape index (κ3) is 8.65. The average Bonchev–Trinajstić information content (AvgIpc) is 3.58. The number of carbonyl (C=O) groups is 5. The van der Waals surface area contributed by atoms with Crippen LogP contribution in [0.5, 0.6) is 0 Å². The molecule has 12 nitrogen and oxygen atoms in total. The summed E-state index contributed by atoms with van der Waals surface area (Å²) >= 11 is 1.58. The second-order valence-electron chi connectivity index (χ2n) is 16.6. The van der Waals surface area contributed by atoms with Gasteiger partial charge in [0.15, 0.2) is 0 Å². The maximum atomic E-state index is 14.7. The first-order chi connectivity index (χ1) is 24.6. The molecule has 0 bridgehead atoms. The number of hydrogen-bond donors (Lipinski definition) is 4. The van der Waals surface area contributed by atoms with Crippen molar-refractivity contribution < 1.29 is 28.2 Å². The van der Waals surface area contributed by atoms with E-state index in [9.17, 15) is 28.2 Å². The summed E-state index contributed by atoms with van der Waals surface area (Å²) in [7, 11) is -1.30. The Balaban J connectivity index is 1.34. The Kier molecular flexibility index (Phi) is 12.7. The normalized spacial score (nSPS) is 25.6. The third-order valence-corrected chi connectivity index (χ3v) is 14.3. The number of fused-ring (bicyclic) bond motifs is 2. The lowest BCUT2D eigenvalue weighted by atomic mass is 9.83. The summed E-state index contributed by atoms with van der Waals surface area (Å²) in [6, 6.07) is -1.63. The molecule has 2 unspecified atom stereocenters. The van der Waals surface area contributed by atoms with Crippen molar-refractivity contribution in [3.63, 3.8) is 0 Å². The van der Waals surface area contributed by atoms with Crippen LogP contribution in [0, 0.1) is 28.6 Å². The topological polar surface area (TPSA) is 157 Å². The van der Waals surface area contributed by atoms with Gasteiger partial charge in [0.2, 0.25) is 17.6 Å². The number of urea groups is 1. The lowest BCUT2D eigenvalue weighted by Crippen LogP contribution is -2.61. The molecule has 1 saturated heterocycles. The number of piperidine rings is 1. The van der Waals surface area contributed by atoms with E-state index in [4.69, 9.17) is 0 Å². The highest BCUT2D eigenvalue weighted by Crippen LogP contribution is 2.65. The summed E-state index contributed by atoms with van der Waals surface area (Å²) in [5, 5.41) is 13.5. The zero-order valence-electron chi connectivity index (χ0n) is 31.6. The number of hydrogen-bond acceptors (Lipinski definition) is 7.